The Morgan fingerprint density at radius 1 is 1.31 bits per heavy atom. The summed E-state index contributed by atoms with van der Waals surface area (Å²) in [6, 6.07) is 0.472. The Balaban J connectivity index is 1.66. The summed E-state index contributed by atoms with van der Waals surface area (Å²) in [5.74, 6) is 0.828. The predicted molar refractivity (Wildman–Crippen MR) is 66.4 cm³/mol. The molecule has 2 N–H and O–H groups in total. The van der Waals surface area contributed by atoms with E-state index in [0.717, 1.165) is 12.5 Å². The molecule has 0 radical (unpaired) electrons. The highest BCUT2D eigenvalue weighted by atomic mass is 16.5. The SMILES string of the molecule is CN(CC1CC(N)C1)CC1CCC(C)(C)O1. The zero-order valence-corrected chi connectivity index (χ0v) is 10.9. The molecule has 1 saturated heterocycles. The van der Waals surface area contributed by atoms with Crippen LogP contribution in [-0.4, -0.2) is 42.8 Å². The van der Waals surface area contributed by atoms with Crippen molar-refractivity contribution in [3.8, 4) is 0 Å². The molecule has 0 aromatic heterocycles. The lowest BCUT2D eigenvalue weighted by Crippen LogP contribution is -2.43. The van der Waals surface area contributed by atoms with Crippen LogP contribution < -0.4 is 5.73 Å². The molecule has 1 heterocycles. The van der Waals surface area contributed by atoms with E-state index in [4.69, 9.17) is 10.5 Å². The average Bonchev–Trinajstić information content (AvgIpc) is 2.42. The third-order valence-electron chi connectivity index (χ3n) is 3.91. The highest BCUT2D eigenvalue weighted by Gasteiger charge is 2.33. The van der Waals surface area contributed by atoms with Gasteiger partial charge in [-0.15, -0.1) is 0 Å². The van der Waals surface area contributed by atoms with Gasteiger partial charge in [0.1, 0.15) is 0 Å². The maximum atomic E-state index is 6.01. The van der Waals surface area contributed by atoms with Gasteiger partial charge in [-0.1, -0.05) is 0 Å². The zero-order chi connectivity index (χ0) is 11.8. The normalized spacial score (nSPS) is 37.7. The number of likely N-dealkylation sites (N-methyl/N-ethyl adjacent to an activating group) is 1. The van der Waals surface area contributed by atoms with Crippen molar-refractivity contribution in [2.24, 2.45) is 11.7 Å². The molecule has 0 bridgehead atoms. The molecule has 1 unspecified atom stereocenters. The molecule has 0 amide bonds. The van der Waals surface area contributed by atoms with Crippen LogP contribution in [0.5, 0.6) is 0 Å². The summed E-state index contributed by atoms with van der Waals surface area (Å²) >= 11 is 0. The van der Waals surface area contributed by atoms with Crippen molar-refractivity contribution in [3.05, 3.63) is 0 Å². The first-order valence-corrected chi connectivity index (χ1v) is 6.56. The highest BCUT2D eigenvalue weighted by molar-refractivity contribution is 4.86. The predicted octanol–water partition coefficient (Wildman–Crippen LogP) is 1.61. The molecule has 1 saturated carbocycles. The van der Waals surface area contributed by atoms with E-state index in [1.54, 1.807) is 0 Å². The highest BCUT2D eigenvalue weighted by Crippen LogP contribution is 2.30. The number of hydrogen-bond acceptors (Lipinski definition) is 3. The van der Waals surface area contributed by atoms with Gasteiger partial charge in [-0.05, 0) is 52.5 Å². The van der Waals surface area contributed by atoms with Crippen molar-refractivity contribution in [1.29, 1.82) is 0 Å². The smallest absolute Gasteiger partial charge is 0.0710 e. The molecule has 2 fully saturated rings. The maximum Gasteiger partial charge on any atom is 0.0710 e. The van der Waals surface area contributed by atoms with Crippen molar-refractivity contribution in [2.75, 3.05) is 20.1 Å². The Labute approximate surface area is 99.3 Å². The maximum absolute atomic E-state index is 6.01. The van der Waals surface area contributed by atoms with Gasteiger partial charge in [0.25, 0.3) is 0 Å². The molecule has 16 heavy (non-hydrogen) atoms. The molecule has 0 aromatic carbocycles. The van der Waals surface area contributed by atoms with Crippen LogP contribution in [0.3, 0.4) is 0 Å². The Hall–Kier alpha value is -0.120. The first kappa shape index (κ1) is 12.3. The van der Waals surface area contributed by atoms with Crippen molar-refractivity contribution in [1.82, 2.24) is 4.90 Å². The van der Waals surface area contributed by atoms with E-state index >= 15 is 0 Å². The van der Waals surface area contributed by atoms with Crippen LogP contribution in [0.25, 0.3) is 0 Å². The summed E-state index contributed by atoms with van der Waals surface area (Å²) in [5.41, 5.74) is 5.90. The molecule has 3 nitrogen and oxygen atoms in total. The molecule has 1 aliphatic carbocycles. The molecule has 1 atom stereocenters. The van der Waals surface area contributed by atoms with Crippen LogP contribution in [-0.2, 0) is 4.74 Å². The van der Waals surface area contributed by atoms with Crippen LogP contribution in [0.4, 0.5) is 0 Å². The lowest BCUT2D eigenvalue weighted by atomic mass is 9.80. The average molecular weight is 226 g/mol. The summed E-state index contributed by atoms with van der Waals surface area (Å²) in [6.07, 6.45) is 5.26. The van der Waals surface area contributed by atoms with Gasteiger partial charge in [-0.25, -0.2) is 0 Å². The van der Waals surface area contributed by atoms with Gasteiger partial charge in [0.05, 0.1) is 11.7 Å². The summed E-state index contributed by atoms with van der Waals surface area (Å²) < 4.78 is 6.01. The van der Waals surface area contributed by atoms with Crippen LogP contribution in [0, 0.1) is 5.92 Å². The van der Waals surface area contributed by atoms with Gasteiger partial charge in [0, 0.05) is 19.1 Å². The second kappa shape index (κ2) is 4.63. The van der Waals surface area contributed by atoms with Gasteiger partial charge in [0.2, 0.25) is 0 Å². The fraction of sp³-hybridized carbons (Fsp3) is 1.00. The molecule has 2 aliphatic rings. The standard InChI is InChI=1S/C13H26N2O/c1-13(2)5-4-12(16-13)9-15(3)8-10-6-11(14)7-10/h10-12H,4-9,14H2,1-3H3. The lowest BCUT2D eigenvalue weighted by Gasteiger charge is -2.36. The minimum atomic E-state index is 0.102. The monoisotopic (exact) mass is 226 g/mol. The van der Waals surface area contributed by atoms with Crippen molar-refractivity contribution in [2.45, 2.75) is 57.3 Å². The summed E-state index contributed by atoms with van der Waals surface area (Å²) in [5, 5.41) is 0. The molecule has 3 heteroatoms. The van der Waals surface area contributed by atoms with Crippen molar-refractivity contribution >= 4 is 0 Å². The largest absolute Gasteiger partial charge is 0.371 e. The third-order valence-corrected chi connectivity index (χ3v) is 3.91. The molecule has 0 spiro atoms. The molecule has 94 valence electrons. The van der Waals surface area contributed by atoms with Crippen molar-refractivity contribution < 1.29 is 4.74 Å². The van der Waals surface area contributed by atoms with Crippen LogP contribution in [0.2, 0.25) is 0 Å². The Kier molecular flexibility index (Phi) is 3.57. The fourth-order valence-electron chi connectivity index (χ4n) is 3.01. The number of nitrogens with zero attached hydrogens (tertiary/aromatic N) is 1. The molecular formula is C13H26N2O. The Morgan fingerprint density at radius 3 is 2.50 bits per heavy atom. The van der Waals surface area contributed by atoms with Gasteiger partial charge in [-0.2, -0.15) is 0 Å². The number of ether oxygens (including phenoxy) is 1. The van der Waals surface area contributed by atoms with Crippen molar-refractivity contribution in [3.63, 3.8) is 0 Å². The minimum absolute atomic E-state index is 0.102. The number of hydrogen-bond donors (Lipinski definition) is 1. The second-order valence-electron chi connectivity index (χ2n) is 6.36. The van der Waals surface area contributed by atoms with E-state index in [1.165, 1.54) is 32.2 Å². The quantitative estimate of drug-likeness (QED) is 0.791. The molecule has 0 aromatic rings. The fourth-order valence-corrected chi connectivity index (χ4v) is 3.01. The Bertz CT molecular complexity index is 236. The molecular weight excluding hydrogens is 200 g/mol. The summed E-state index contributed by atoms with van der Waals surface area (Å²) in [6.45, 7) is 6.65. The second-order valence-corrected chi connectivity index (χ2v) is 6.36. The summed E-state index contributed by atoms with van der Waals surface area (Å²) in [7, 11) is 2.21. The number of rotatable bonds is 4. The van der Waals surface area contributed by atoms with E-state index < -0.39 is 0 Å². The van der Waals surface area contributed by atoms with Crippen LogP contribution in [0.15, 0.2) is 0 Å². The third kappa shape index (κ3) is 3.19. The van der Waals surface area contributed by atoms with Crippen LogP contribution >= 0.6 is 0 Å². The summed E-state index contributed by atoms with van der Waals surface area (Å²) in [4.78, 5) is 2.42. The Morgan fingerprint density at radius 2 is 2.00 bits per heavy atom. The molecule has 2 rings (SSSR count). The van der Waals surface area contributed by atoms with Gasteiger partial charge >= 0.3 is 0 Å². The van der Waals surface area contributed by atoms with Gasteiger partial charge in [0.15, 0.2) is 0 Å². The minimum Gasteiger partial charge on any atom is -0.371 e. The first-order chi connectivity index (χ1) is 7.44. The first-order valence-electron chi connectivity index (χ1n) is 6.56. The van der Waals surface area contributed by atoms with Gasteiger partial charge in [-0.3, -0.25) is 0 Å². The van der Waals surface area contributed by atoms with Crippen LogP contribution in [0.1, 0.15) is 39.5 Å². The van der Waals surface area contributed by atoms with E-state index in [2.05, 4.69) is 25.8 Å². The number of nitrogens with two attached hydrogens (primary N) is 1. The van der Waals surface area contributed by atoms with E-state index in [1.807, 2.05) is 0 Å². The van der Waals surface area contributed by atoms with E-state index in [-0.39, 0.29) is 5.60 Å². The van der Waals surface area contributed by atoms with E-state index in [0.29, 0.717) is 12.1 Å². The molecule has 1 aliphatic heterocycles. The lowest BCUT2D eigenvalue weighted by molar-refractivity contribution is -0.0284. The van der Waals surface area contributed by atoms with E-state index in [9.17, 15) is 0 Å². The zero-order valence-electron chi connectivity index (χ0n) is 10.9. The van der Waals surface area contributed by atoms with Gasteiger partial charge < -0.3 is 15.4 Å². The topological polar surface area (TPSA) is 38.5 Å².